The second-order valence-electron chi connectivity index (χ2n) is 5.75. The molecule has 0 spiro atoms. The fourth-order valence-corrected chi connectivity index (χ4v) is 2.81. The maximum Gasteiger partial charge on any atom is 0.181 e. The molecule has 2 aromatic carbocycles. The van der Waals surface area contributed by atoms with Gasteiger partial charge in [-0.2, -0.15) is 0 Å². The Morgan fingerprint density at radius 1 is 1.04 bits per heavy atom. The number of hydrogen-bond donors (Lipinski definition) is 1. The van der Waals surface area contributed by atoms with Crippen molar-refractivity contribution in [1.29, 1.82) is 0 Å². The largest absolute Gasteiger partial charge is 0.497 e. The molecule has 4 rings (SSSR count). The van der Waals surface area contributed by atoms with E-state index in [0.717, 1.165) is 33.4 Å². The summed E-state index contributed by atoms with van der Waals surface area (Å²) in [7, 11) is 3.30. The van der Waals surface area contributed by atoms with E-state index in [9.17, 15) is 0 Å². The van der Waals surface area contributed by atoms with Crippen molar-refractivity contribution in [3.8, 4) is 22.9 Å². The van der Waals surface area contributed by atoms with Gasteiger partial charge in [0.1, 0.15) is 35.8 Å². The van der Waals surface area contributed by atoms with Crippen molar-refractivity contribution in [2.45, 2.75) is 0 Å². The van der Waals surface area contributed by atoms with E-state index in [-0.39, 0.29) is 0 Å². The standard InChI is InChI=1S/C19H18N4O3/c1-24-5-6-26-17-9-12-3-4-14(25-2)7-13(12)8-15(17)18-22-16-10-20-11-21-19(16)23-18/h3-4,7-11H,5-6H2,1-2H3,(H,20,21,22,23). The van der Waals surface area contributed by atoms with Crippen LogP contribution in [0, 0.1) is 0 Å². The third kappa shape index (κ3) is 3.04. The maximum absolute atomic E-state index is 5.94. The molecule has 0 radical (unpaired) electrons. The van der Waals surface area contributed by atoms with Gasteiger partial charge in [-0.05, 0) is 35.0 Å². The summed E-state index contributed by atoms with van der Waals surface area (Å²) in [6.07, 6.45) is 3.18. The Balaban J connectivity index is 1.86. The molecule has 132 valence electrons. The third-order valence-electron chi connectivity index (χ3n) is 4.11. The first kappa shape index (κ1) is 16.3. The van der Waals surface area contributed by atoms with Gasteiger partial charge in [-0.1, -0.05) is 6.07 Å². The van der Waals surface area contributed by atoms with Crippen LogP contribution in [0.5, 0.6) is 11.5 Å². The zero-order valence-corrected chi connectivity index (χ0v) is 14.5. The molecule has 7 heteroatoms. The minimum atomic E-state index is 0.450. The van der Waals surface area contributed by atoms with Crippen molar-refractivity contribution in [3.05, 3.63) is 42.9 Å². The van der Waals surface area contributed by atoms with Gasteiger partial charge in [0.05, 0.1) is 25.5 Å². The minimum absolute atomic E-state index is 0.450. The molecular formula is C19H18N4O3. The van der Waals surface area contributed by atoms with Gasteiger partial charge < -0.3 is 19.2 Å². The number of methoxy groups -OCH3 is 2. The second kappa shape index (κ2) is 6.97. The van der Waals surface area contributed by atoms with Crippen molar-refractivity contribution in [3.63, 3.8) is 0 Å². The first-order valence-electron chi connectivity index (χ1n) is 8.18. The van der Waals surface area contributed by atoms with Gasteiger partial charge in [0.15, 0.2) is 5.65 Å². The lowest BCUT2D eigenvalue weighted by Gasteiger charge is -2.12. The lowest BCUT2D eigenvalue weighted by molar-refractivity contribution is 0.146. The number of aromatic nitrogens is 4. The number of imidazole rings is 1. The lowest BCUT2D eigenvalue weighted by atomic mass is 10.0. The minimum Gasteiger partial charge on any atom is -0.497 e. The van der Waals surface area contributed by atoms with Crippen LogP contribution in [0.15, 0.2) is 42.9 Å². The van der Waals surface area contributed by atoms with Crippen LogP contribution in [0.2, 0.25) is 0 Å². The second-order valence-corrected chi connectivity index (χ2v) is 5.75. The molecule has 2 heterocycles. The van der Waals surface area contributed by atoms with E-state index in [1.165, 1.54) is 6.33 Å². The number of aromatic amines is 1. The van der Waals surface area contributed by atoms with E-state index in [0.29, 0.717) is 24.7 Å². The van der Waals surface area contributed by atoms with Gasteiger partial charge in [0, 0.05) is 7.11 Å². The van der Waals surface area contributed by atoms with Gasteiger partial charge in [0.2, 0.25) is 0 Å². The molecule has 0 fully saturated rings. The summed E-state index contributed by atoms with van der Waals surface area (Å²) in [4.78, 5) is 16.0. The molecule has 0 saturated carbocycles. The zero-order chi connectivity index (χ0) is 17.9. The molecule has 2 aromatic heterocycles. The molecule has 0 amide bonds. The molecule has 0 aliphatic carbocycles. The van der Waals surface area contributed by atoms with E-state index < -0.39 is 0 Å². The Kier molecular flexibility index (Phi) is 4.37. The molecule has 26 heavy (non-hydrogen) atoms. The van der Waals surface area contributed by atoms with Crippen molar-refractivity contribution in [2.75, 3.05) is 27.4 Å². The quantitative estimate of drug-likeness (QED) is 0.538. The molecule has 0 bridgehead atoms. The highest BCUT2D eigenvalue weighted by atomic mass is 16.5. The number of rotatable bonds is 6. The Labute approximate surface area is 150 Å². The van der Waals surface area contributed by atoms with Crippen LogP contribution < -0.4 is 9.47 Å². The summed E-state index contributed by atoms with van der Waals surface area (Å²) >= 11 is 0. The predicted octanol–water partition coefficient (Wildman–Crippen LogP) is 3.21. The van der Waals surface area contributed by atoms with Crippen LogP contribution in [0.25, 0.3) is 33.3 Å². The van der Waals surface area contributed by atoms with E-state index in [1.54, 1.807) is 20.4 Å². The number of fused-ring (bicyclic) bond motifs is 2. The van der Waals surface area contributed by atoms with Crippen molar-refractivity contribution >= 4 is 21.9 Å². The zero-order valence-electron chi connectivity index (χ0n) is 14.5. The normalized spacial score (nSPS) is 11.2. The number of benzene rings is 2. The van der Waals surface area contributed by atoms with Crippen LogP contribution in [-0.4, -0.2) is 47.4 Å². The number of nitrogens with zero attached hydrogens (tertiary/aromatic N) is 3. The number of H-pyrrole nitrogens is 1. The summed E-state index contributed by atoms with van der Waals surface area (Å²) in [6.45, 7) is 0.955. The van der Waals surface area contributed by atoms with Gasteiger partial charge >= 0.3 is 0 Å². The fourth-order valence-electron chi connectivity index (χ4n) is 2.81. The Morgan fingerprint density at radius 2 is 1.96 bits per heavy atom. The van der Waals surface area contributed by atoms with Crippen LogP contribution in [-0.2, 0) is 4.74 Å². The van der Waals surface area contributed by atoms with Crippen LogP contribution in [0.3, 0.4) is 0 Å². The van der Waals surface area contributed by atoms with Crippen molar-refractivity contribution in [2.24, 2.45) is 0 Å². The molecule has 1 N–H and O–H groups in total. The topological polar surface area (TPSA) is 82.2 Å². The average molecular weight is 350 g/mol. The first-order valence-corrected chi connectivity index (χ1v) is 8.18. The maximum atomic E-state index is 5.94. The van der Waals surface area contributed by atoms with Crippen LogP contribution in [0.4, 0.5) is 0 Å². The number of hydrogen-bond acceptors (Lipinski definition) is 6. The van der Waals surface area contributed by atoms with E-state index in [2.05, 4.69) is 19.9 Å². The molecule has 0 aliphatic heterocycles. The molecule has 4 aromatic rings. The van der Waals surface area contributed by atoms with E-state index >= 15 is 0 Å². The summed E-state index contributed by atoms with van der Waals surface area (Å²) in [5, 5.41) is 2.09. The van der Waals surface area contributed by atoms with Crippen LogP contribution >= 0.6 is 0 Å². The molecule has 0 aliphatic rings. The number of ether oxygens (including phenoxy) is 3. The highest BCUT2D eigenvalue weighted by Crippen LogP contribution is 2.35. The lowest BCUT2D eigenvalue weighted by Crippen LogP contribution is -2.05. The van der Waals surface area contributed by atoms with Crippen LogP contribution in [0.1, 0.15) is 0 Å². The summed E-state index contributed by atoms with van der Waals surface area (Å²) in [5.74, 6) is 2.20. The molecule has 0 saturated heterocycles. The highest BCUT2D eigenvalue weighted by molar-refractivity contribution is 5.91. The number of nitrogens with one attached hydrogen (secondary N) is 1. The van der Waals surface area contributed by atoms with Crippen molar-refractivity contribution in [1.82, 2.24) is 19.9 Å². The molecule has 0 unspecified atom stereocenters. The Morgan fingerprint density at radius 3 is 2.77 bits per heavy atom. The summed E-state index contributed by atoms with van der Waals surface area (Å²) < 4.78 is 16.4. The SMILES string of the molecule is COCCOc1cc2ccc(OC)cc2cc1-c1nc2ncncc2[nH]1. The first-order chi connectivity index (χ1) is 12.8. The molecule has 0 atom stereocenters. The summed E-state index contributed by atoms with van der Waals surface area (Å²) in [6, 6.07) is 9.95. The fraction of sp³-hybridized carbons (Fsp3) is 0.211. The Hall–Kier alpha value is -3.19. The van der Waals surface area contributed by atoms with Gasteiger partial charge in [0.25, 0.3) is 0 Å². The molecular weight excluding hydrogens is 332 g/mol. The third-order valence-corrected chi connectivity index (χ3v) is 4.11. The Bertz CT molecular complexity index is 1030. The smallest absolute Gasteiger partial charge is 0.181 e. The summed E-state index contributed by atoms with van der Waals surface area (Å²) in [5.41, 5.74) is 2.24. The highest BCUT2D eigenvalue weighted by Gasteiger charge is 2.14. The van der Waals surface area contributed by atoms with Gasteiger partial charge in [-0.25, -0.2) is 15.0 Å². The molecule has 7 nitrogen and oxygen atoms in total. The van der Waals surface area contributed by atoms with Gasteiger partial charge in [-0.15, -0.1) is 0 Å². The van der Waals surface area contributed by atoms with E-state index in [1.807, 2.05) is 30.3 Å². The van der Waals surface area contributed by atoms with E-state index in [4.69, 9.17) is 14.2 Å². The predicted molar refractivity (Wildman–Crippen MR) is 98.5 cm³/mol. The van der Waals surface area contributed by atoms with Crippen molar-refractivity contribution < 1.29 is 14.2 Å². The van der Waals surface area contributed by atoms with Gasteiger partial charge in [-0.3, -0.25) is 0 Å². The monoisotopic (exact) mass is 350 g/mol. The average Bonchev–Trinajstić information content (AvgIpc) is 3.11.